The molecule has 0 aliphatic heterocycles. The van der Waals surface area contributed by atoms with Crippen molar-refractivity contribution >= 4 is 43.5 Å². The van der Waals surface area contributed by atoms with E-state index in [1.165, 1.54) is 17.0 Å². The number of hydrogen-bond donors (Lipinski definition) is 1. The largest absolute Gasteiger partial charge is 0.352 e. The predicted octanol–water partition coefficient (Wildman–Crippen LogP) is 7.18. The molecule has 0 spiro atoms. The van der Waals surface area contributed by atoms with E-state index in [1.54, 1.807) is 24.3 Å². The molecule has 1 saturated carbocycles. The number of carbonyl (C=O) groups is 2. The molecule has 0 radical (unpaired) electrons. The molecule has 7 nitrogen and oxygen atoms in total. The molecule has 0 saturated heterocycles. The van der Waals surface area contributed by atoms with Gasteiger partial charge in [0.1, 0.15) is 18.4 Å². The van der Waals surface area contributed by atoms with Gasteiger partial charge in [-0.25, -0.2) is 12.8 Å². The van der Waals surface area contributed by atoms with Crippen LogP contribution in [-0.2, 0) is 32.6 Å². The molecule has 1 atom stereocenters. The van der Waals surface area contributed by atoms with Gasteiger partial charge in [0.2, 0.25) is 11.8 Å². The fraction of sp³-hybridized carbons (Fsp3) is 0.297. The number of aryl methyl sites for hydroxylation is 1. The van der Waals surface area contributed by atoms with Gasteiger partial charge in [-0.05, 0) is 79.4 Å². The number of hydrogen-bond acceptors (Lipinski definition) is 4. The van der Waals surface area contributed by atoms with Crippen molar-refractivity contribution in [1.29, 1.82) is 0 Å². The molecule has 0 heterocycles. The van der Waals surface area contributed by atoms with Gasteiger partial charge in [0.05, 0.1) is 10.6 Å². The minimum atomic E-state index is -4.31. The maximum absolute atomic E-state index is 14.6. The number of nitrogens with zero attached hydrogens (tertiary/aromatic N) is 2. The Hall–Kier alpha value is -4.02. The van der Waals surface area contributed by atoms with Crippen LogP contribution < -0.4 is 9.62 Å². The zero-order chi connectivity index (χ0) is 33.4. The predicted molar refractivity (Wildman–Crippen MR) is 186 cm³/mol. The van der Waals surface area contributed by atoms with Gasteiger partial charge >= 0.3 is 0 Å². The highest BCUT2D eigenvalue weighted by atomic mass is 79.9. The number of sulfonamides is 1. The molecule has 2 amide bonds. The summed E-state index contributed by atoms with van der Waals surface area (Å²) in [4.78, 5) is 30.1. The molecule has 5 rings (SSSR count). The van der Waals surface area contributed by atoms with Crippen LogP contribution in [0.3, 0.4) is 0 Å². The molecule has 1 N–H and O–H groups in total. The standard InChI is InChI=1S/C37H39BrFN3O4S/c1-27-12-20-33(21-13-27)42(47(45,46)34-22-18-31(39)19-23-34)26-36(43)41(25-29-14-16-30(38)17-15-29)35(24-28-8-4-2-5-9-28)37(44)40-32-10-6-3-7-11-32/h2,4-5,8-9,12-23,32,35H,3,6-7,10-11,24-26H2,1H3,(H,40,44). The minimum absolute atomic E-state index is 0.0158. The van der Waals surface area contributed by atoms with Crippen LogP contribution >= 0.6 is 15.9 Å². The van der Waals surface area contributed by atoms with Crippen LogP contribution in [0.4, 0.5) is 10.1 Å². The van der Waals surface area contributed by atoms with Crippen molar-refractivity contribution in [3.63, 3.8) is 0 Å². The Bertz CT molecular complexity index is 1750. The van der Waals surface area contributed by atoms with Crippen molar-refractivity contribution in [2.75, 3.05) is 10.8 Å². The second-order valence-electron chi connectivity index (χ2n) is 12.0. The quantitative estimate of drug-likeness (QED) is 0.168. The zero-order valence-corrected chi connectivity index (χ0v) is 28.7. The third-order valence-corrected chi connectivity index (χ3v) is 10.8. The van der Waals surface area contributed by atoms with E-state index in [1.807, 2.05) is 61.5 Å². The molecule has 10 heteroatoms. The Morgan fingerprint density at radius 3 is 2.13 bits per heavy atom. The average Bonchev–Trinajstić information content (AvgIpc) is 3.07. The van der Waals surface area contributed by atoms with Gasteiger partial charge in [0.15, 0.2) is 0 Å². The van der Waals surface area contributed by atoms with Gasteiger partial charge < -0.3 is 10.2 Å². The highest BCUT2D eigenvalue weighted by Crippen LogP contribution is 2.26. The van der Waals surface area contributed by atoms with Gasteiger partial charge in [-0.1, -0.05) is 95.4 Å². The summed E-state index contributed by atoms with van der Waals surface area (Å²) in [5.74, 6) is -1.39. The highest BCUT2D eigenvalue weighted by Gasteiger charge is 2.35. The average molecular weight is 721 g/mol. The van der Waals surface area contributed by atoms with Crippen molar-refractivity contribution in [3.05, 3.63) is 130 Å². The number of anilines is 1. The first-order valence-corrected chi connectivity index (χ1v) is 18.1. The summed E-state index contributed by atoms with van der Waals surface area (Å²) < 4.78 is 43.9. The monoisotopic (exact) mass is 719 g/mol. The highest BCUT2D eigenvalue weighted by molar-refractivity contribution is 9.10. The Kier molecular flexibility index (Phi) is 11.5. The van der Waals surface area contributed by atoms with Crippen molar-refractivity contribution in [1.82, 2.24) is 10.2 Å². The second kappa shape index (κ2) is 15.7. The van der Waals surface area contributed by atoms with E-state index in [9.17, 15) is 22.4 Å². The lowest BCUT2D eigenvalue weighted by molar-refractivity contribution is -0.140. The lowest BCUT2D eigenvalue weighted by Gasteiger charge is -2.35. The SMILES string of the molecule is Cc1ccc(N(CC(=O)N(Cc2ccc(Br)cc2)C(Cc2ccccc2)C(=O)NC2CCCCC2)S(=O)(=O)c2ccc(F)cc2)cc1. The lowest BCUT2D eigenvalue weighted by Crippen LogP contribution is -2.55. The van der Waals surface area contributed by atoms with E-state index >= 15 is 0 Å². The maximum Gasteiger partial charge on any atom is 0.264 e. The fourth-order valence-corrected chi connectivity index (χ4v) is 7.54. The fourth-order valence-electron chi connectivity index (χ4n) is 5.86. The number of carbonyl (C=O) groups excluding carboxylic acids is 2. The summed E-state index contributed by atoms with van der Waals surface area (Å²) in [6, 6.07) is 27.4. The zero-order valence-electron chi connectivity index (χ0n) is 26.3. The number of rotatable bonds is 12. The van der Waals surface area contributed by atoms with Crippen molar-refractivity contribution < 1.29 is 22.4 Å². The number of nitrogens with one attached hydrogen (secondary N) is 1. The van der Waals surface area contributed by atoms with Crippen LogP contribution in [0.2, 0.25) is 0 Å². The van der Waals surface area contributed by atoms with Crippen LogP contribution in [0, 0.1) is 12.7 Å². The number of benzene rings is 4. The molecule has 1 aliphatic carbocycles. The molecule has 0 bridgehead atoms. The number of halogens is 2. The van der Waals surface area contributed by atoms with Gasteiger partial charge in [-0.15, -0.1) is 0 Å². The summed E-state index contributed by atoms with van der Waals surface area (Å²) in [6.07, 6.45) is 5.19. The van der Waals surface area contributed by atoms with Crippen LogP contribution in [0.15, 0.2) is 112 Å². The number of amides is 2. The van der Waals surface area contributed by atoms with E-state index in [-0.39, 0.29) is 35.5 Å². The normalized spacial score (nSPS) is 14.3. The molecule has 1 aliphatic rings. The van der Waals surface area contributed by atoms with Gasteiger partial charge in [0, 0.05) is 23.5 Å². The molecule has 0 aromatic heterocycles. The third kappa shape index (κ3) is 9.08. The minimum Gasteiger partial charge on any atom is -0.352 e. The lowest BCUT2D eigenvalue weighted by atomic mass is 9.94. The molecule has 47 heavy (non-hydrogen) atoms. The van der Waals surface area contributed by atoms with E-state index in [2.05, 4.69) is 21.2 Å². The second-order valence-corrected chi connectivity index (χ2v) is 14.8. The molecular formula is C37H39BrFN3O4S. The molecule has 246 valence electrons. The smallest absolute Gasteiger partial charge is 0.264 e. The van der Waals surface area contributed by atoms with Crippen molar-refractivity contribution in [2.45, 2.75) is 69.0 Å². The molecule has 1 fully saturated rings. The Balaban J connectivity index is 1.55. The first kappa shape index (κ1) is 34.3. The Labute approximate surface area is 285 Å². The first-order valence-electron chi connectivity index (χ1n) is 15.8. The van der Waals surface area contributed by atoms with Gasteiger partial charge in [0.25, 0.3) is 10.0 Å². The van der Waals surface area contributed by atoms with Crippen molar-refractivity contribution in [3.8, 4) is 0 Å². The molecule has 4 aromatic carbocycles. The molecule has 1 unspecified atom stereocenters. The molecule has 4 aromatic rings. The van der Waals surface area contributed by atoms with E-state index in [4.69, 9.17) is 0 Å². The third-order valence-electron chi connectivity index (χ3n) is 8.49. The van der Waals surface area contributed by atoms with Gasteiger partial charge in [-0.3, -0.25) is 13.9 Å². The van der Waals surface area contributed by atoms with Crippen LogP contribution in [0.1, 0.15) is 48.8 Å². The van der Waals surface area contributed by atoms with Crippen LogP contribution in [0.5, 0.6) is 0 Å². The summed E-state index contributed by atoms with van der Waals surface area (Å²) in [5, 5.41) is 3.21. The van der Waals surface area contributed by atoms with E-state index in [0.717, 1.165) is 69.7 Å². The molecular weight excluding hydrogens is 681 g/mol. The Morgan fingerprint density at radius 2 is 1.49 bits per heavy atom. The first-order chi connectivity index (χ1) is 22.6. The van der Waals surface area contributed by atoms with Crippen LogP contribution in [-0.4, -0.2) is 43.8 Å². The summed E-state index contributed by atoms with van der Waals surface area (Å²) in [6.45, 7) is 1.40. The van der Waals surface area contributed by atoms with E-state index in [0.29, 0.717) is 0 Å². The summed E-state index contributed by atoms with van der Waals surface area (Å²) >= 11 is 3.46. The van der Waals surface area contributed by atoms with Crippen molar-refractivity contribution in [2.24, 2.45) is 0 Å². The topological polar surface area (TPSA) is 86.8 Å². The van der Waals surface area contributed by atoms with E-state index < -0.39 is 34.3 Å². The summed E-state index contributed by atoms with van der Waals surface area (Å²) in [5.41, 5.74) is 2.86. The Morgan fingerprint density at radius 1 is 0.851 bits per heavy atom. The maximum atomic E-state index is 14.6. The van der Waals surface area contributed by atoms with Gasteiger partial charge in [-0.2, -0.15) is 0 Å². The van der Waals surface area contributed by atoms with Crippen LogP contribution in [0.25, 0.3) is 0 Å². The summed E-state index contributed by atoms with van der Waals surface area (Å²) in [7, 11) is -4.31.